The molecular weight excluding hydrogens is 280 g/mol. The van der Waals surface area contributed by atoms with Crippen LogP contribution in [0.4, 0.5) is 0 Å². The minimum Gasteiger partial charge on any atom is -0.496 e. The Balaban J connectivity index is 2.80. The van der Waals surface area contributed by atoms with Crippen molar-refractivity contribution in [3.05, 3.63) is 23.1 Å². The molecule has 0 spiro atoms. The molecule has 1 aromatic heterocycles. The summed E-state index contributed by atoms with van der Waals surface area (Å²) >= 11 is 9.69. The van der Waals surface area contributed by atoms with E-state index in [4.69, 9.17) is 4.74 Å². The molecule has 0 aliphatic heterocycles. The maximum Gasteiger partial charge on any atom is 0.133 e. The maximum absolute atomic E-state index is 5.27. The lowest BCUT2D eigenvalue weighted by molar-refractivity contribution is 0.405. The smallest absolute Gasteiger partial charge is 0.133 e. The van der Waals surface area contributed by atoms with Crippen molar-refractivity contribution in [3.63, 3.8) is 0 Å². The van der Waals surface area contributed by atoms with E-state index in [2.05, 4.69) is 40.0 Å². The van der Waals surface area contributed by atoms with Gasteiger partial charge in [0.2, 0.25) is 0 Å². The number of thiophene rings is 1. The second kappa shape index (κ2) is 4.13. The molecule has 0 aliphatic rings. The molecular formula is C10H9BrOS2. The van der Waals surface area contributed by atoms with Gasteiger partial charge in [-0.05, 0) is 28.5 Å². The monoisotopic (exact) mass is 288 g/mol. The van der Waals surface area contributed by atoms with Crippen molar-refractivity contribution < 1.29 is 4.74 Å². The molecule has 4 heteroatoms. The molecule has 0 radical (unpaired) electrons. The number of hydrogen-bond donors (Lipinski definition) is 1. The third-order valence-electron chi connectivity index (χ3n) is 2.13. The first kappa shape index (κ1) is 10.3. The lowest BCUT2D eigenvalue weighted by atomic mass is 10.2. The van der Waals surface area contributed by atoms with Gasteiger partial charge in [0.1, 0.15) is 5.75 Å². The van der Waals surface area contributed by atoms with Gasteiger partial charge in [-0.15, -0.1) is 24.0 Å². The molecule has 2 rings (SSSR count). The minimum atomic E-state index is 0.806. The Morgan fingerprint density at radius 1 is 1.57 bits per heavy atom. The van der Waals surface area contributed by atoms with E-state index in [0.717, 1.165) is 16.0 Å². The number of thiol groups is 1. The molecule has 0 saturated carbocycles. The Bertz CT molecular complexity index is 464. The van der Waals surface area contributed by atoms with Crippen molar-refractivity contribution in [1.82, 2.24) is 0 Å². The maximum atomic E-state index is 5.27. The standard InChI is InChI=1S/C10H9BrOS2/c1-12-8-4-6-2-3-14-10(6)7(5-11)9(8)13/h2-4,13H,5H2,1H3. The van der Waals surface area contributed by atoms with Gasteiger partial charge in [-0.25, -0.2) is 0 Å². The van der Waals surface area contributed by atoms with E-state index in [-0.39, 0.29) is 0 Å². The number of ether oxygens (including phenoxy) is 1. The van der Waals surface area contributed by atoms with Crippen LogP contribution >= 0.6 is 39.9 Å². The van der Waals surface area contributed by atoms with Gasteiger partial charge < -0.3 is 4.74 Å². The number of methoxy groups -OCH3 is 1. The predicted octanol–water partition coefficient (Wildman–Crippen LogP) is 4.09. The quantitative estimate of drug-likeness (QED) is 0.647. The Kier molecular flexibility index (Phi) is 3.04. The summed E-state index contributed by atoms with van der Waals surface area (Å²) in [6, 6.07) is 4.13. The second-order valence-corrected chi connectivity index (χ2v) is 4.80. The summed E-state index contributed by atoms with van der Waals surface area (Å²) in [6.07, 6.45) is 0. The molecule has 0 N–H and O–H groups in total. The van der Waals surface area contributed by atoms with Crippen LogP contribution in [0.3, 0.4) is 0 Å². The molecule has 1 heterocycles. The van der Waals surface area contributed by atoms with Gasteiger partial charge in [0.05, 0.1) is 12.0 Å². The Hall–Kier alpha value is -0.190. The van der Waals surface area contributed by atoms with E-state index < -0.39 is 0 Å². The molecule has 2 aromatic rings. The lowest BCUT2D eigenvalue weighted by Gasteiger charge is -2.08. The number of rotatable bonds is 2. The molecule has 0 fully saturated rings. The van der Waals surface area contributed by atoms with Gasteiger partial charge in [0.25, 0.3) is 0 Å². The van der Waals surface area contributed by atoms with E-state index in [1.165, 1.54) is 15.6 Å². The van der Waals surface area contributed by atoms with Crippen LogP contribution in [0.1, 0.15) is 5.56 Å². The first-order valence-electron chi connectivity index (χ1n) is 4.10. The fourth-order valence-electron chi connectivity index (χ4n) is 1.42. The van der Waals surface area contributed by atoms with Crippen LogP contribution in [0, 0.1) is 0 Å². The van der Waals surface area contributed by atoms with Crippen LogP contribution in [0.25, 0.3) is 10.1 Å². The fraction of sp³-hybridized carbons (Fsp3) is 0.200. The highest BCUT2D eigenvalue weighted by Crippen LogP contribution is 2.37. The van der Waals surface area contributed by atoms with E-state index in [1.807, 2.05) is 6.07 Å². The summed E-state index contributed by atoms with van der Waals surface area (Å²) in [7, 11) is 1.67. The zero-order chi connectivity index (χ0) is 10.1. The molecule has 1 aromatic carbocycles. The summed E-state index contributed by atoms with van der Waals surface area (Å²) < 4.78 is 6.56. The summed E-state index contributed by atoms with van der Waals surface area (Å²) in [5.41, 5.74) is 1.21. The van der Waals surface area contributed by atoms with Crippen molar-refractivity contribution in [3.8, 4) is 5.75 Å². The van der Waals surface area contributed by atoms with Crippen molar-refractivity contribution in [1.29, 1.82) is 0 Å². The van der Waals surface area contributed by atoms with Gasteiger partial charge in [-0.1, -0.05) is 15.9 Å². The summed E-state index contributed by atoms with van der Waals surface area (Å²) in [6.45, 7) is 0. The highest BCUT2D eigenvalue weighted by atomic mass is 79.9. The topological polar surface area (TPSA) is 9.23 Å². The predicted molar refractivity (Wildman–Crippen MR) is 68.3 cm³/mol. The van der Waals surface area contributed by atoms with Crippen LogP contribution in [0.5, 0.6) is 5.75 Å². The summed E-state index contributed by atoms with van der Waals surface area (Å²) in [5, 5.41) is 4.11. The Labute approximate surface area is 101 Å². The number of fused-ring (bicyclic) bond motifs is 1. The largest absolute Gasteiger partial charge is 0.496 e. The number of benzene rings is 1. The molecule has 0 bridgehead atoms. The minimum absolute atomic E-state index is 0.806. The van der Waals surface area contributed by atoms with Crippen LogP contribution < -0.4 is 4.74 Å². The van der Waals surface area contributed by atoms with Crippen LogP contribution in [0.15, 0.2) is 22.4 Å². The van der Waals surface area contributed by atoms with Gasteiger partial charge in [0, 0.05) is 10.0 Å². The van der Waals surface area contributed by atoms with Gasteiger partial charge in [-0.2, -0.15) is 0 Å². The molecule has 0 saturated heterocycles. The third kappa shape index (κ3) is 1.55. The zero-order valence-corrected chi connectivity index (χ0v) is 10.9. The van der Waals surface area contributed by atoms with Crippen LogP contribution in [0.2, 0.25) is 0 Å². The SMILES string of the molecule is COc1cc2ccsc2c(CBr)c1S. The van der Waals surface area contributed by atoms with E-state index in [9.17, 15) is 0 Å². The average Bonchev–Trinajstić information content (AvgIpc) is 2.64. The average molecular weight is 289 g/mol. The Morgan fingerprint density at radius 2 is 2.36 bits per heavy atom. The molecule has 74 valence electrons. The van der Waals surface area contributed by atoms with Gasteiger partial charge in [0.15, 0.2) is 0 Å². The van der Waals surface area contributed by atoms with Crippen molar-refractivity contribution in [2.45, 2.75) is 10.2 Å². The lowest BCUT2D eigenvalue weighted by Crippen LogP contribution is -1.89. The second-order valence-electron chi connectivity index (χ2n) is 2.88. The highest BCUT2D eigenvalue weighted by molar-refractivity contribution is 9.08. The number of halogens is 1. The number of hydrogen-bond acceptors (Lipinski definition) is 3. The first-order chi connectivity index (χ1) is 6.77. The molecule has 0 atom stereocenters. The van der Waals surface area contributed by atoms with Crippen molar-refractivity contribution in [2.24, 2.45) is 0 Å². The van der Waals surface area contributed by atoms with Crippen LogP contribution in [-0.2, 0) is 5.33 Å². The third-order valence-corrected chi connectivity index (χ3v) is 4.17. The highest BCUT2D eigenvalue weighted by Gasteiger charge is 2.10. The first-order valence-corrected chi connectivity index (χ1v) is 6.54. The Morgan fingerprint density at radius 3 is 3.00 bits per heavy atom. The van der Waals surface area contributed by atoms with E-state index in [0.29, 0.717) is 0 Å². The van der Waals surface area contributed by atoms with E-state index in [1.54, 1.807) is 18.4 Å². The van der Waals surface area contributed by atoms with Gasteiger partial charge in [-0.3, -0.25) is 0 Å². The summed E-state index contributed by atoms with van der Waals surface area (Å²) in [5.74, 6) is 0.841. The molecule has 1 nitrogen and oxygen atoms in total. The molecule has 0 amide bonds. The van der Waals surface area contributed by atoms with Crippen molar-refractivity contribution in [2.75, 3.05) is 7.11 Å². The summed E-state index contributed by atoms with van der Waals surface area (Å²) in [4.78, 5) is 0.930. The zero-order valence-electron chi connectivity index (χ0n) is 7.58. The normalized spacial score (nSPS) is 10.8. The molecule has 0 unspecified atom stereocenters. The molecule has 0 aliphatic carbocycles. The number of alkyl halides is 1. The van der Waals surface area contributed by atoms with Crippen LogP contribution in [-0.4, -0.2) is 7.11 Å². The fourth-order valence-corrected chi connectivity index (χ4v) is 3.74. The van der Waals surface area contributed by atoms with E-state index >= 15 is 0 Å². The van der Waals surface area contributed by atoms with Gasteiger partial charge >= 0.3 is 0 Å². The van der Waals surface area contributed by atoms with Crippen molar-refractivity contribution >= 4 is 50.0 Å². The molecule has 14 heavy (non-hydrogen) atoms.